The first-order chi connectivity index (χ1) is 12.2. The first-order valence-electron chi connectivity index (χ1n) is 8.93. The van der Waals surface area contributed by atoms with Gasteiger partial charge in [0, 0.05) is 23.1 Å². The van der Waals surface area contributed by atoms with E-state index in [0.29, 0.717) is 18.2 Å². The van der Waals surface area contributed by atoms with Gasteiger partial charge in [-0.3, -0.25) is 4.79 Å². The fraction of sp³-hybridized carbons (Fsp3) is 0.556. The second-order valence-corrected chi connectivity index (χ2v) is 7.92. The molecule has 0 aliphatic carbocycles. The molecule has 0 aromatic heterocycles. The normalized spacial score (nSPS) is 24.5. The summed E-state index contributed by atoms with van der Waals surface area (Å²) >= 11 is 1.92. The van der Waals surface area contributed by atoms with Gasteiger partial charge >= 0.3 is 6.03 Å². The Morgan fingerprint density at radius 1 is 1.24 bits per heavy atom. The van der Waals surface area contributed by atoms with Crippen LogP contribution in [0.1, 0.15) is 31.2 Å². The number of benzene rings is 1. The smallest absolute Gasteiger partial charge is 0.315 e. The SMILES string of the molecule is NCCc1ccc(NC(=O)CCCC[C@@H]2SC[C@@H]3NC(=O)N[C@@H]32)cc1. The number of carbonyl (C=O) groups is 2. The van der Waals surface area contributed by atoms with Crippen LogP contribution in [0.25, 0.3) is 0 Å². The number of carbonyl (C=O) groups excluding carboxylic acids is 2. The molecule has 2 aliphatic rings. The number of rotatable bonds is 8. The molecule has 2 saturated heterocycles. The summed E-state index contributed by atoms with van der Waals surface area (Å²) in [5.41, 5.74) is 7.55. The fourth-order valence-electron chi connectivity index (χ4n) is 3.42. The first kappa shape index (κ1) is 18.1. The number of unbranched alkanes of at least 4 members (excludes halogenated alkanes) is 1. The summed E-state index contributed by atoms with van der Waals surface area (Å²) < 4.78 is 0. The molecule has 6 nitrogen and oxygen atoms in total. The van der Waals surface area contributed by atoms with Crippen LogP contribution in [-0.2, 0) is 11.2 Å². The quantitative estimate of drug-likeness (QED) is 0.419. The van der Waals surface area contributed by atoms with Crippen molar-refractivity contribution in [2.24, 2.45) is 5.73 Å². The molecule has 3 amide bonds. The monoisotopic (exact) mass is 362 g/mol. The van der Waals surface area contributed by atoms with Gasteiger partial charge in [-0.2, -0.15) is 11.8 Å². The van der Waals surface area contributed by atoms with Gasteiger partial charge in [-0.25, -0.2) is 4.79 Å². The van der Waals surface area contributed by atoms with Crippen molar-refractivity contribution in [2.45, 2.75) is 49.4 Å². The molecule has 0 radical (unpaired) electrons. The minimum atomic E-state index is -0.0443. The van der Waals surface area contributed by atoms with Gasteiger partial charge in [-0.15, -0.1) is 0 Å². The van der Waals surface area contributed by atoms with E-state index < -0.39 is 0 Å². The number of hydrogen-bond acceptors (Lipinski definition) is 4. The number of anilines is 1. The summed E-state index contributed by atoms with van der Waals surface area (Å²) in [7, 11) is 0. The Morgan fingerprint density at radius 3 is 2.80 bits per heavy atom. The maximum atomic E-state index is 12.0. The second-order valence-electron chi connectivity index (χ2n) is 6.65. The van der Waals surface area contributed by atoms with E-state index in [9.17, 15) is 9.59 Å². The Labute approximate surface area is 152 Å². The van der Waals surface area contributed by atoms with E-state index >= 15 is 0 Å². The zero-order chi connectivity index (χ0) is 17.6. The topological polar surface area (TPSA) is 96.2 Å². The Morgan fingerprint density at radius 2 is 2.04 bits per heavy atom. The molecule has 25 heavy (non-hydrogen) atoms. The molecule has 0 saturated carbocycles. The van der Waals surface area contributed by atoms with Gasteiger partial charge in [0.1, 0.15) is 0 Å². The van der Waals surface area contributed by atoms with E-state index in [1.807, 2.05) is 36.0 Å². The average molecular weight is 362 g/mol. The molecule has 3 atom stereocenters. The van der Waals surface area contributed by atoms with Crippen molar-refractivity contribution in [2.75, 3.05) is 17.6 Å². The lowest BCUT2D eigenvalue weighted by Crippen LogP contribution is -2.36. The number of hydrogen-bond donors (Lipinski definition) is 4. The fourth-order valence-corrected chi connectivity index (χ4v) is 4.96. The van der Waals surface area contributed by atoms with Gasteiger partial charge in [0.25, 0.3) is 0 Å². The predicted octanol–water partition coefficient (Wildman–Crippen LogP) is 1.85. The third kappa shape index (κ3) is 4.89. The molecule has 2 aliphatic heterocycles. The van der Waals surface area contributed by atoms with Gasteiger partial charge < -0.3 is 21.7 Å². The highest BCUT2D eigenvalue weighted by molar-refractivity contribution is 8.00. The summed E-state index contributed by atoms with van der Waals surface area (Å²) in [4.78, 5) is 23.4. The Kier molecular flexibility index (Phi) is 6.20. The van der Waals surface area contributed by atoms with Crippen molar-refractivity contribution in [3.63, 3.8) is 0 Å². The maximum Gasteiger partial charge on any atom is 0.315 e. The molecule has 5 N–H and O–H groups in total. The van der Waals surface area contributed by atoms with Crippen molar-refractivity contribution in [1.82, 2.24) is 10.6 Å². The van der Waals surface area contributed by atoms with E-state index in [1.54, 1.807) is 0 Å². The van der Waals surface area contributed by atoms with Crippen molar-refractivity contribution >= 4 is 29.4 Å². The van der Waals surface area contributed by atoms with Crippen molar-refractivity contribution in [1.29, 1.82) is 0 Å². The Balaban J connectivity index is 1.33. The summed E-state index contributed by atoms with van der Waals surface area (Å²) in [5.74, 6) is 1.04. The maximum absolute atomic E-state index is 12.0. The number of amides is 3. The molecule has 0 bridgehead atoms. The molecule has 1 aromatic rings. The van der Waals surface area contributed by atoms with Crippen LogP contribution in [0.15, 0.2) is 24.3 Å². The lowest BCUT2D eigenvalue weighted by Gasteiger charge is -2.16. The minimum Gasteiger partial charge on any atom is -0.332 e. The molecule has 1 aromatic carbocycles. The average Bonchev–Trinajstić information content (AvgIpc) is 3.13. The number of fused-ring (bicyclic) bond motifs is 1. The molecular formula is C18H26N4O2S. The predicted molar refractivity (Wildman–Crippen MR) is 102 cm³/mol. The van der Waals surface area contributed by atoms with Crippen molar-refractivity contribution in [3.8, 4) is 0 Å². The molecule has 2 fully saturated rings. The molecule has 3 rings (SSSR count). The minimum absolute atomic E-state index is 0.0443. The van der Waals surface area contributed by atoms with Crippen molar-refractivity contribution in [3.05, 3.63) is 29.8 Å². The standard InChI is InChI=1S/C18H26N4O2S/c19-10-9-12-5-7-13(8-6-12)20-16(23)4-2-1-3-15-17-14(11-25-15)21-18(24)22-17/h5-8,14-15,17H,1-4,9-11,19H2,(H,20,23)(H2,21,22,24)/t14-,15-,17-/m0/s1. The highest BCUT2D eigenvalue weighted by Gasteiger charge is 2.42. The van der Waals surface area contributed by atoms with Crippen LogP contribution in [-0.4, -0.2) is 41.6 Å². The molecule has 7 heteroatoms. The molecule has 136 valence electrons. The van der Waals surface area contributed by atoms with E-state index in [0.717, 1.165) is 37.1 Å². The number of nitrogens with two attached hydrogens (primary N) is 1. The number of thioether (sulfide) groups is 1. The molecular weight excluding hydrogens is 336 g/mol. The Hall–Kier alpha value is -1.73. The highest BCUT2D eigenvalue weighted by Crippen LogP contribution is 2.33. The van der Waals surface area contributed by atoms with Gasteiger partial charge in [0.2, 0.25) is 5.91 Å². The zero-order valence-electron chi connectivity index (χ0n) is 14.3. The van der Waals surface area contributed by atoms with Gasteiger partial charge in [-0.05, 0) is 43.5 Å². The van der Waals surface area contributed by atoms with Crippen LogP contribution in [0.2, 0.25) is 0 Å². The number of urea groups is 1. The van der Waals surface area contributed by atoms with Gasteiger partial charge in [0.05, 0.1) is 12.1 Å². The van der Waals surface area contributed by atoms with Crippen molar-refractivity contribution < 1.29 is 9.59 Å². The van der Waals surface area contributed by atoms with Crippen LogP contribution in [0, 0.1) is 0 Å². The molecule has 0 spiro atoms. The van der Waals surface area contributed by atoms with Crippen LogP contribution < -0.4 is 21.7 Å². The van der Waals surface area contributed by atoms with E-state index in [-0.39, 0.29) is 24.0 Å². The zero-order valence-corrected chi connectivity index (χ0v) is 15.1. The van der Waals surface area contributed by atoms with E-state index in [1.165, 1.54) is 5.56 Å². The highest BCUT2D eigenvalue weighted by atomic mass is 32.2. The molecule has 2 heterocycles. The second kappa shape index (κ2) is 8.58. The third-order valence-corrected chi connectivity index (χ3v) is 6.26. The Bertz CT molecular complexity index is 608. The van der Waals surface area contributed by atoms with Crippen LogP contribution >= 0.6 is 11.8 Å². The summed E-state index contributed by atoms with van der Waals surface area (Å²) in [5, 5.41) is 9.36. The first-order valence-corrected chi connectivity index (χ1v) is 9.98. The van der Waals surface area contributed by atoms with Crippen LogP contribution in [0.4, 0.5) is 10.5 Å². The summed E-state index contributed by atoms with van der Waals surface area (Å²) in [6.45, 7) is 0.631. The lowest BCUT2D eigenvalue weighted by atomic mass is 10.0. The third-order valence-electron chi connectivity index (χ3n) is 4.75. The van der Waals surface area contributed by atoms with Crippen LogP contribution in [0.5, 0.6) is 0 Å². The van der Waals surface area contributed by atoms with Gasteiger partial charge in [-0.1, -0.05) is 18.6 Å². The molecule has 0 unspecified atom stereocenters. The number of nitrogens with one attached hydrogen (secondary N) is 3. The van der Waals surface area contributed by atoms with E-state index in [2.05, 4.69) is 16.0 Å². The van der Waals surface area contributed by atoms with Crippen LogP contribution in [0.3, 0.4) is 0 Å². The lowest BCUT2D eigenvalue weighted by molar-refractivity contribution is -0.116. The summed E-state index contributed by atoms with van der Waals surface area (Å²) in [6.07, 6.45) is 4.28. The summed E-state index contributed by atoms with van der Waals surface area (Å²) in [6, 6.07) is 8.32. The van der Waals surface area contributed by atoms with Gasteiger partial charge in [0.15, 0.2) is 0 Å². The largest absolute Gasteiger partial charge is 0.332 e. The van der Waals surface area contributed by atoms with E-state index in [4.69, 9.17) is 5.73 Å².